The maximum absolute atomic E-state index is 13.1. The van der Waals surface area contributed by atoms with Crippen LogP contribution in [-0.4, -0.2) is 53.2 Å². The van der Waals surface area contributed by atoms with Crippen molar-refractivity contribution in [1.82, 2.24) is 10.2 Å². The lowest BCUT2D eigenvalue weighted by atomic mass is 9.89. The van der Waals surface area contributed by atoms with E-state index in [-0.39, 0.29) is 36.8 Å². The number of likely N-dealkylation sites (tertiary alicyclic amines) is 1. The van der Waals surface area contributed by atoms with Crippen LogP contribution in [0.1, 0.15) is 57.1 Å². The monoisotopic (exact) mass is 478 g/mol. The molecule has 1 heterocycles. The number of aliphatic carboxylic acids is 1. The van der Waals surface area contributed by atoms with Gasteiger partial charge in [-0.2, -0.15) is 0 Å². The van der Waals surface area contributed by atoms with Crippen molar-refractivity contribution < 1.29 is 24.2 Å². The van der Waals surface area contributed by atoms with Crippen LogP contribution in [0.2, 0.25) is 0 Å². The summed E-state index contributed by atoms with van der Waals surface area (Å²) in [7, 11) is 0. The number of amides is 2. The molecule has 3 atom stereocenters. The average molecular weight is 479 g/mol. The Hall–Kier alpha value is -3.35. The number of benzene rings is 2. The van der Waals surface area contributed by atoms with Crippen LogP contribution < -0.4 is 5.32 Å². The van der Waals surface area contributed by atoms with Gasteiger partial charge in [-0.05, 0) is 47.9 Å². The third kappa shape index (κ3) is 5.19. The van der Waals surface area contributed by atoms with Gasteiger partial charge in [0.25, 0.3) is 0 Å². The van der Waals surface area contributed by atoms with Crippen molar-refractivity contribution in [2.45, 2.75) is 58.0 Å². The van der Waals surface area contributed by atoms with Crippen LogP contribution in [0, 0.1) is 11.8 Å². The van der Waals surface area contributed by atoms with Crippen LogP contribution in [0.25, 0.3) is 11.1 Å². The lowest BCUT2D eigenvalue weighted by Gasteiger charge is -2.38. The Labute approximate surface area is 206 Å². The summed E-state index contributed by atoms with van der Waals surface area (Å²) in [5.74, 6) is -1.59. The van der Waals surface area contributed by atoms with Crippen molar-refractivity contribution in [1.29, 1.82) is 0 Å². The Kier molecular flexibility index (Phi) is 7.43. The van der Waals surface area contributed by atoms with E-state index in [1.54, 1.807) is 11.8 Å². The molecule has 0 aromatic heterocycles. The molecule has 1 saturated heterocycles. The number of carboxylic acids is 1. The lowest BCUT2D eigenvalue weighted by Crippen LogP contribution is -2.51. The summed E-state index contributed by atoms with van der Waals surface area (Å²) in [4.78, 5) is 39.0. The molecule has 2 aliphatic rings. The molecule has 4 rings (SSSR count). The van der Waals surface area contributed by atoms with Gasteiger partial charge in [0.05, 0.1) is 5.92 Å². The first kappa shape index (κ1) is 24.8. The van der Waals surface area contributed by atoms with Crippen molar-refractivity contribution in [2.75, 3.05) is 13.2 Å². The van der Waals surface area contributed by atoms with Gasteiger partial charge in [-0.3, -0.25) is 9.59 Å². The minimum Gasteiger partial charge on any atom is -0.481 e. The van der Waals surface area contributed by atoms with Crippen molar-refractivity contribution >= 4 is 18.0 Å². The molecule has 1 unspecified atom stereocenters. The standard InChI is InChI=1S/C28H34N2O5/c1-17(2)25(15-26(31)30-14-8-13-19(18(30)3)27(32)33)29-28(34)35-16-24-22-11-6-4-9-20(22)21-10-5-7-12-23(21)24/h4-7,9-12,17-19,24-25H,8,13-16H2,1-3H3,(H,29,34)(H,32,33)/t18-,19-,25?/m1/s1. The largest absolute Gasteiger partial charge is 0.481 e. The van der Waals surface area contributed by atoms with Gasteiger partial charge in [0.2, 0.25) is 5.91 Å². The Morgan fingerprint density at radius 3 is 2.23 bits per heavy atom. The number of carbonyl (C=O) groups is 3. The second kappa shape index (κ2) is 10.5. The number of fused-ring (bicyclic) bond motifs is 3. The highest BCUT2D eigenvalue weighted by molar-refractivity contribution is 5.81. The Bertz CT molecular complexity index is 1050. The highest BCUT2D eigenvalue weighted by atomic mass is 16.5. The zero-order chi connectivity index (χ0) is 25.1. The minimum atomic E-state index is -0.868. The van der Waals surface area contributed by atoms with E-state index in [2.05, 4.69) is 29.6 Å². The van der Waals surface area contributed by atoms with Crippen molar-refractivity contribution in [3.05, 3.63) is 59.7 Å². The minimum absolute atomic E-state index is 0.00907. The molecule has 2 amide bonds. The maximum Gasteiger partial charge on any atom is 0.407 e. The first-order chi connectivity index (χ1) is 16.8. The number of nitrogens with zero attached hydrogens (tertiary/aromatic N) is 1. The molecule has 0 radical (unpaired) electrons. The summed E-state index contributed by atoms with van der Waals surface area (Å²) in [6.07, 6.45) is 0.803. The fourth-order valence-corrected chi connectivity index (χ4v) is 5.38. The molecule has 2 aromatic carbocycles. The molecule has 35 heavy (non-hydrogen) atoms. The quantitative estimate of drug-likeness (QED) is 0.604. The molecular formula is C28H34N2O5. The highest BCUT2D eigenvalue weighted by Gasteiger charge is 2.36. The van der Waals surface area contributed by atoms with Gasteiger partial charge in [-0.15, -0.1) is 0 Å². The molecule has 1 aliphatic heterocycles. The van der Waals surface area contributed by atoms with Crippen LogP contribution in [0.15, 0.2) is 48.5 Å². The number of carboxylic acid groups (broad SMARTS) is 1. The van der Waals surface area contributed by atoms with E-state index in [0.717, 1.165) is 22.3 Å². The SMILES string of the molecule is CC(C)C(CC(=O)N1CCC[C@@H](C(=O)O)[C@H]1C)NC(=O)OCC1c2ccccc2-c2ccccc21. The number of nitrogens with one attached hydrogen (secondary N) is 1. The summed E-state index contributed by atoms with van der Waals surface area (Å²) in [6, 6.07) is 15.6. The molecular weight excluding hydrogens is 444 g/mol. The number of rotatable bonds is 7. The van der Waals surface area contributed by atoms with Gasteiger partial charge >= 0.3 is 12.1 Å². The first-order valence-electron chi connectivity index (χ1n) is 12.4. The normalized spacial score (nSPS) is 20.2. The molecule has 7 heteroatoms. The van der Waals surface area contributed by atoms with E-state index >= 15 is 0 Å². The third-order valence-electron chi connectivity index (χ3n) is 7.47. The highest BCUT2D eigenvalue weighted by Crippen LogP contribution is 2.44. The molecule has 186 valence electrons. The number of hydrogen-bond donors (Lipinski definition) is 2. The van der Waals surface area contributed by atoms with Gasteiger partial charge in [-0.1, -0.05) is 62.4 Å². The molecule has 0 bridgehead atoms. The van der Waals surface area contributed by atoms with Crippen molar-refractivity contribution in [3.8, 4) is 11.1 Å². The summed E-state index contributed by atoms with van der Waals surface area (Å²) in [5.41, 5.74) is 4.62. The zero-order valence-electron chi connectivity index (χ0n) is 20.6. The molecule has 0 saturated carbocycles. The second-order valence-corrected chi connectivity index (χ2v) is 9.94. The third-order valence-corrected chi connectivity index (χ3v) is 7.47. The lowest BCUT2D eigenvalue weighted by molar-refractivity contribution is -0.149. The van der Waals surface area contributed by atoms with Crippen LogP contribution in [0.5, 0.6) is 0 Å². The number of ether oxygens (including phenoxy) is 1. The van der Waals surface area contributed by atoms with E-state index in [4.69, 9.17) is 4.74 Å². The number of carbonyl (C=O) groups excluding carboxylic acids is 2. The summed E-state index contributed by atoms with van der Waals surface area (Å²) in [5, 5.41) is 12.3. The molecule has 1 aliphatic carbocycles. The molecule has 2 N–H and O–H groups in total. The summed E-state index contributed by atoms with van der Waals surface area (Å²) in [6.45, 7) is 6.43. The predicted molar refractivity (Wildman–Crippen MR) is 133 cm³/mol. The number of alkyl carbamates (subject to hydrolysis) is 1. The van der Waals surface area contributed by atoms with Gasteiger partial charge < -0.3 is 20.1 Å². The van der Waals surface area contributed by atoms with Crippen LogP contribution in [0.4, 0.5) is 4.79 Å². The van der Waals surface area contributed by atoms with E-state index < -0.39 is 24.0 Å². The van der Waals surface area contributed by atoms with Gasteiger partial charge in [-0.25, -0.2) is 4.79 Å². The molecule has 0 spiro atoms. The topological polar surface area (TPSA) is 95.9 Å². The fraction of sp³-hybridized carbons (Fsp3) is 0.464. The number of hydrogen-bond acceptors (Lipinski definition) is 4. The van der Waals surface area contributed by atoms with Crippen LogP contribution >= 0.6 is 0 Å². The molecule has 7 nitrogen and oxygen atoms in total. The molecule has 2 aromatic rings. The Balaban J connectivity index is 1.38. The summed E-state index contributed by atoms with van der Waals surface area (Å²) < 4.78 is 5.66. The van der Waals surface area contributed by atoms with Crippen molar-refractivity contribution in [3.63, 3.8) is 0 Å². The van der Waals surface area contributed by atoms with Crippen molar-refractivity contribution in [2.24, 2.45) is 11.8 Å². The summed E-state index contributed by atoms with van der Waals surface area (Å²) >= 11 is 0. The van der Waals surface area contributed by atoms with E-state index in [0.29, 0.717) is 19.4 Å². The van der Waals surface area contributed by atoms with Crippen LogP contribution in [-0.2, 0) is 14.3 Å². The van der Waals surface area contributed by atoms with E-state index in [1.807, 2.05) is 38.1 Å². The average Bonchev–Trinajstić information content (AvgIpc) is 3.16. The Morgan fingerprint density at radius 1 is 1.06 bits per heavy atom. The van der Waals surface area contributed by atoms with E-state index in [9.17, 15) is 19.5 Å². The maximum atomic E-state index is 13.1. The number of piperidine rings is 1. The molecule has 1 fully saturated rings. The van der Waals surface area contributed by atoms with E-state index in [1.165, 1.54) is 0 Å². The fourth-order valence-electron chi connectivity index (χ4n) is 5.38. The predicted octanol–water partition coefficient (Wildman–Crippen LogP) is 4.65. The second-order valence-electron chi connectivity index (χ2n) is 9.94. The van der Waals surface area contributed by atoms with Gasteiger partial charge in [0.1, 0.15) is 6.61 Å². The van der Waals surface area contributed by atoms with Gasteiger partial charge in [0, 0.05) is 31.0 Å². The van der Waals surface area contributed by atoms with Gasteiger partial charge in [0.15, 0.2) is 0 Å². The first-order valence-corrected chi connectivity index (χ1v) is 12.4. The zero-order valence-corrected chi connectivity index (χ0v) is 20.6. The Morgan fingerprint density at radius 2 is 1.66 bits per heavy atom. The van der Waals surface area contributed by atoms with Crippen LogP contribution in [0.3, 0.4) is 0 Å². The smallest absolute Gasteiger partial charge is 0.407 e.